The standard InChI is InChI=1S/C15H22N4O4S/c1-3-19-8-10-22-12(14(19)15-16-6-7-18(15)2)11-17-24(20,21)13-5-4-9-23-13/h4-7,9,12,14,17H,3,8,10-11H2,1-2H3/t12-,14+/m0/s1. The average molecular weight is 354 g/mol. The molecule has 0 unspecified atom stereocenters. The van der Waals surface area contributed by atoms with Crippen molar-refractivity contribution in [1.29, 1.82) is 0 Å². The Kier molecular flexibility index (Phi) is 5.04. The molecule has 0 amide bonds. The molecule has 0 spiro atoms. The second kappa shape index (κ2) is 7.06. The van der Waals surface area contributed by atoms with Crippen molar-refractivity contribution in [3.8, 4) is 0 Å². The minimum Gasteiger partial charge on any atom is -0.452 e. The molecule has 0 radical (unpaired) electrons. The number of nitrogens with zero attached hydrogens (tertiary/aromatic N) is 3. The normalized spacial score (nSPS) is 22.8. The number of likely N-dealkylation sites (N-methyl/N-ethyl adjacent to an activating group) is 1. The SMILES string of the molecule is CCN1CCO[C@@H](CNS(=O)(=O)c2ccco2)[C@@H]1c1nccn1C. The molecule has 132 valence electrons. The number of nitrogens with one attached hydrogen (secondary N) is 1. The van der Waals surface area contributed by atoms with E-state index in [-0.39, 0.29) is 23.8 Å². The second-order valence-electron chi connectivity index (χ2n) is 5.66. The van der Waals surface area contributed by atoms with Gasteiger partial charge in [0, 0.05) is 32.5 Å². The molecule has 9 heteroatoms. The molecule has 8 nitrogen and oxygen atoms in total. The Balaban J connectivity index is 1.78. The van der Waals surface area contributed by atoms with Gasteiger partial charge in [-0.05, 0) is 18.7 Å². The Hall–Kier alpha value is -1.68. The van der Waals surface area contributed by atoms with Gasteiger partial charge in [0.15, 0.2) is 0 Å². The van der Waals surface area contributed by atoms with Gasteiger partial charge in [-0.3, -0.25) is 4.90 Å². The van der Waals surface area contributed by atoms with Gasteiger partial charge in [-0.25, -0.2) is 18.1 Å². The quantitative estimate of drug-likeness (QED) is 0.823. The number of aryl methyl sites for hydroxylation is 1. The fourth-order valence-corrected chi connectivity index (χ4v) is 3.95. The molecule has 3 heterocycles. The van der Waals surface area contributed by atoms with Crippen molar-refractivity contribution in [1.82, 2.24) is 19.2 Å². The van der Waals surface area contributed by atoms with Gasteiger partial charge in [0.1, 0.15) is 5.82 Å². The molecule has 0 aliphatic carbocycles. The summed E-state index contributed by atoms with van der Waals surface area (Å²) in [5.41, 5.74) is 0. The first-order valence-electron chi connectivity index (χ1n) is 7.89. The largest absolute Gasteiger partial charge is 0.452 e. The molecule has 3 rings (SSSR count). The zero-order valence-electron chi connectivity index (χ0n) is 13.8. The highest BCUT2D eigenvalue weighted by Crippen LogP contribution is 2.28. The van der Waals surface area contributed by atoms with E-state index in [1.54, 1.807) is 12.3 Å². The van der Waals surface area contributed by atoms with Gasteiger partial charge in [-0.1, -0.05) is 6.92 Å². The van der Waals surface area contributed by atoms with Crippen LogP contribution in [0.25, 0.3) is 0 Å². The molecule has 2 aromatic heterocycles. The van der Waals surface area contributed by atoms with Crippen LogP contribution >= 0.6 is 0 Å². The van der Waals surface area contributed by atoms with Gasteiger partial charge in [0.25, 0.3) is 10.0 Å². The second-order valence-corrected chi connectivity index (χ2v) is 7.36. The van der Waals surface area contributed by atoms with Gasteiger partial charge in [0.2, 0.25) is 5.09 Å². The zero-order chi connectivity index (χ0) is 17.2. The predicted octanol–water partition coefficient (Wildman–Crippen LogP) is 0.753. The molecule has 1 saturated heterocycles. The van der Waals surface area contributed by atoms with Crippen LogP contribution < -0.4 is 4.72 Å². The first-order chi connectivity index (χ1) is 11.5. The van der Waals surface area contributed by atoms with E-state index in [9.17, 15) is 8.42 Å². The summed E-state index contributed by atoms with van der Waals surface area (Å²) in [4.78, 5) is 6.68. The summed E-state index contributed by atoms with van der Waals surface area (Å²) in [6.45, 7) is 4.40. The molecule has 0 saturated carbocycles. The number of hydrogen-bond acceptors (Lipinski definition) is 6. The molecule has 24 heavy (non-hydrogen) atoms. The first-order valence-corrected chi connectivity index (χ1v) is 9.37. The summed E-state index contributed by atoms with van der Waals surface area (Å²) in [5, 5.41) is -0.0980. The van der Waals surface area contributed by atoms with Crippen molar-refractivity contribution in [3.63, 3.8) is 0 Å². The van der Waals surface area contributed by atoms with Crippen molar-refractivity contribution in [2.75, 3.05) is 26.2 Å². The van der Waals surface area contributed by atoms with Crippen LogP contribution in [-0.2, 0) is 21.8 Å². The lowest BCUT2D eigenvalue weighted by molar-refractivity contribution is -0.0709. The monoisotopic (exact) mass is 354 g/mol. The number of ether oxygens (including phenoxy) is 1. The summed E-state index contributed by atoms with van der Waals surface area (Å²) in [7, 11) is -1.76. The number of furan rings is 1. The van der Waals surface area contributed by atoms with Crippen LogP contribution in [0.1, 0.15) is 18.8 Å². The summed E-state index contributed by atoms with van der Waals surface area (Å²) in [5.74, 6) is 0.860. The zero-order valence-corrected chi connectivity index (χ0v) is 14.6. The lowest BCUT2D eigenvalue weighted by Gasteiger charge is -2.40. The maximum atomic E-state index is 12.3. The van der Waals surface area contributed by atoms with Crippen LogP contribution in [0.4, 0.5) is 0 Å². The Labute approximate surface area is 141 Å². The van der Waals surface area contributed by atoms with Gasteiger partial charge < -0.3 is 13.7 Å². The topological polar surface area (TPSA) is 89.6 Å². The minimum atomic E-state index is -3.69. The molecule has 1 fully saturated rings. The molecular weight excluding hydrogens is 332 g/mol. The lowest BCUT2D eigenvalue weighted by Crippen LogP contribution is -2.50. The van der Waals surface area contributed by atoms with Crippen LogP contribution in [0.5, 0.6) is 0 Å². The number of aromatic nitrogens is 2. The highest BCUT2D eigenvalue weighted by atomic mass is 32.2. The maximum absolute atomic E-state index is 12.3. The highest BCUT2D eigenvalue weighted by molar-refractivity contribution is 7.89. The Bertz CT molecular complexity index is 756. The molecule has 2 aromatic rings. The maximum Gasteiger partial charge on any atom is 0.274 e. The third-order valence-electron chi connectivity index (χ3n) is 4.22. The summed E-state index contributed by atoms with van der Waals surface area (Å²) < 4.78 is 39.9. The van der Waals surface area contributed by atoms with E-state index >= 15 is 0 Å². The van der Waals surface area contributed by atoms with E-state index in [0.29, 0.717) is 6.61 Å². The average Bonchev–Trinajstić information content (AvgIpc) is 3.24. The Morgan fingerprint density at radius 1 is 1.46 bits per heavy atom. The molecule has 0 bridgehead atoms. The molecule has 1 aliphatic heterocycles. The van der Waals surface area contributed by atoms with E-state index in [2.05, 4.69) is 21.5 Å². The molecule has 2 atom stereocenters. The fraction of sp³-hybridized carbons (Fsp3) is 0.533. The first kappa shape index (κ1) is 17.2. The van der Waals surface area contributed by atoms with Gasteiger partial charge in [0.05, 0.1) is 25.0 Å². The van der Waals surface area contributed by atoms with Crippen LogP contribution in [0, 0.1) is 0 Å². The molecule has 0 aromatic carbocycles. The van der Waals surface area contributed by atoms with Crippen molar-refractivity contribution in [2.24, 2.45) is 7.05 Å². The van der Waals surface area contributed by atoms with Crippen LogP contribution in [-0.4, -0.2) is 55.2 Å². The van der Waals surface area contributed by atoms with E-state index in [4.69, 9.17) is 9.15 Å². The van der Waals surface area contributed by atoms with Crippen LogP contribution in [0.15, 0.2) is 40.3 Å². The number of imidazole rings is 1. The highest BCUT2D eigenvalue weighted by Gasteiger charge is 2.36. The molecule has 1 aliphatic rings. The van der Waals surface area contributed by atoms with Gasteiger partial charge in [-0.15, -0.1) is 0 Å². The van der Waals surface area contributed by atoms with Crippen molar-refractivity contribution in [2.45, 2.75) is 24.2 Å². The van der Waals surface area contributed by atoms with E-state index < -0.39 is 10.0 Å². The van der Waals surface area contributed by atoms with E-state index in [1.807, 2.05) is 17.8 Å². The lowest BCUT2D eigenvalue weighted by atomic mass is 10.1. The van der Waals surface area contributed by atoms with Crippen molar-refractivity contribution < 1.29 is 17.6 Å². The minimum absolute atomic E-state index is 0.0980. The molecular formula is C15H22N4O4S. The third-order valence-corrected chi connectivity index (χ3v) is 5.53. The smallest absolute Gasteiger partial charge is 0.274 e. The fourth-order valence-electron chi connectivity index (χ4n) is 2.98. The van der Waals surface area contributed by atoms with E-state index in [0.717, 1.165) is 18.9 Å². The summed E-state index contributed by atoms with van der Waals surface area (Å²) >= 11 is 0. The van der Waals surface area contributed by atoms with Crippen molar-refractivity contribution >= 4 is 10.0 Å². The molecule has 1 N–H and O–H groups in total. The van der Waals surface area contributed by atoms with Gasteiger partial charge in [-0.2, -0.15) is 0 Å². The number of sulfonamides is 1. The Morgan fingerprint density at radius 3 is 2.92 bits per heavy atom. The number of rotatable bonds is 6. The number of morpholine rings is 1. The summed E-state index contributed by atoms with van der Waals surface area (Å²) in [6, 6.07) is 2.85. The third kappa shape index (κ3) is 3.39. The number of hydrogen-bond donors (Lipinski definition) is 1. The van der Waals surface area contributed by atoms with Crippen LogP contribution in [0.2, 0.25) is 0 Å². The Morgan fingerprint density at radius 2 is 2.29 bits per heavy atom. The van der Waals surface area contributed by atoms with Gasteiger partial charge >= 0.3 is 0 Å². The predicted molar refractivity (Wildman–Crippen MR) is 86.8 cm³/mol. The van der Waals surface area contributed by atoms with E-state index in [1.165, 1.54) is 12.3 Å². The van der Waals surface area contributed by atoms with Crippen LogP contribution in [0.3, 0.4) is 0 Å². The van der Waals surface area contributed by atoms with Crippen molar-refractivity contribution in [3.05, 3.63) is 36.6 Å². The summed E-state index contributed by atoms with van der Waals surface area (Å²) in [6.07, 6.45) is 4.62.